The van der Waals surface area contributed by atoms with E-state index >= 15 is 0 Å². The SMILES string of the molecule is COc1cccc(-c2ccc3ccccc3c2CCO)c1. The van der Waals surface area contributed by atoms with Crippen molar-refractivity contribution in [2.45, 2.75) is 6.42 Å². The zero-order chi connectivity index (χ0) is 14.7. The summed E-state index contributed by atoms with van der Waals surface area (Å²) in [6.45, 7) is 0.144. The molecule has 0 aromatic heterocycles. The van der Waals surface area contributed by atoms with E-state index in [1.165, 1.54) is 16.3 Å². The Hall–Kier alpha value is -2.32. The van der Waals surface area contributed by atoms with Crippen molar-refractivity contribution in [2.24, 2.45) is 0 Å². The molecule has 0 aliphatic rings. The van der Waals surface area contributed by atoms with Crippen LogP contribution in [0.4, 0.5) is 0 Å². The molecule has 0 aliphatic heterocycles. The van der Waals surface area contributed by atoms with Gasteiger partial charge in [-0.2, -0.15) is 0 Å². The number of methoxy groups -OCH3 is 1. The van der Waals surface area contributed by atoms with E-state index in [2.05, 4.69) is 30.3 Å². The summed E-state index contributed by atoms with van der Waals surface area (Å²) in [6, 6.07) is 20.6. The molecule has 1 N–H and O–H groups in total. The van der Waals surface area contributed by atoms with Crippen LogP contribution in [0.2, 0.25) is 0 Å². The fraction of sp³-hybridized carbons (Fsp3) is 0.158. The van der Waals surface area contributed by atoms with Crippen LogP contribution in [0, 0.1) is 0 Å². The van der Waals surface area contributed by atoms with Gasteiger partial charge in [-0.25, -0.2) is 0 Å². The van der Waals surface area contributed by atoms with E-state index in [0.717, 1.165) is 16.9 Å². The van der Waals surface area contributed by atoms with Gasteiger partial charge in [0, 0.05) is 6.61 Å². The van der Waals surface area contributed by atoms with E-state index in [1.54, 1.807) is 7.11 Å². The molecule has 3 aromatic rings. The lowest BCUT2D eigenvalue weighted by Gasteiger charge is -2.13. The number of hydrogen-bond donors (Lipinski definition) is 1. The van der Waals surface area contributed by atoms with Gasteiger partial charge in [-0.3, -0.25) is 0 Å². The summed E-state index contributed by atoms with van der Waals surface area (Å²) in [5.41, 5.74) is 3.45. The Bertz CT molecular complexity index is 762. The molecule has 0 saturated carbocycles. The van der Waals surface area contributed by atoms with Crippen LogP contribution in [0.3, 0.4) is 0 Å². The molecule has 2 nitrogen and oxygen atoms in total. The number of benzene rings is 3. The van der Waals surface area contributed by atoms with Crippen molar-refractivity contribution >= 4 is 10.8 Å². The minimum Gasteiger partial charge on any atom is -0.497 e. The zero-order valence-corrected chi connectivity index (χ0v) is 12.0. The Labute approximate surface area is 124 Å². The quantitative estimate of drug-likeness (QED) is 0.780. The molecule has 0 saturated heterocycles. The molecule has 0 amide bonds. The van der Waals surface area contributed by atoms with E-state index in [9.17, 15) is 5.11 Å². The van der Waals surface area contributed by atoms with Crippen LogP contribution in [-0.2, 0) is 6.42 Å². The van der Waals surface area contributed by atoms with Crippen molar-refractivity contribution in [2.75, 3.05) is 13.7 Å². The molecule has 21 heavy (non-hydrogen) atoms. The highest BCUT2D eigenvalue weighted by atomic mass is 16.5. The van der Waals surface area contributed by atoms with Crippen LogP contribution in [0.1, 0.15) is 5.56 Å². The summed E-state index contributed by atoms with van der Waals surface area (Å²) in [7, 11) is 1.67. The fourth-order valence-corrected chi connectivity index (χ4v) is 2.78. The molecule has 0 spiro atoms. The van der Waals surface area contributed by atoms with Crippen LogP contribution in [-0.4, -0.2) is 18.8 Å². The first-order valence-corrected chi connectivity index (χ1v) is 7.09. The lowest BCUT2D eigenvalue weighted by molar-refractivity contribution is 0.300. The van der Waals surface area contributed by atoms with Gasteiger partial charge in [0.25, 0.3) is 0 Å². The number of aliphatic hydroxyl groups excluding tert-OH is 1. The van der Waals surface area contributed by atoms with Gasteiger partial charge >= 0.3 is 0 Å². The highest BCUT2D eigenvalue weighted by Gasteiger charge is 2.09. The summed E-state index contributed by atoms with van der Waals surface area (Å²) in [6.07, 6.45) is 0.647. The Morgan fingerprint density at radius 2 is 1.81 bits per heavy atom. The second-order valence-electron chi connectivity index (χ2n) is 5.02. The van der Waals surface area contributed by atoms with Gasteiger partial charge < -0.3 is 9.84 Å². The zero-order valence-electron chi connectivity index (χ0n) is 12.0. The van der Waals surface area contributed by atoms with Gasteiger partial charge in [-0.05, 0) is 46.0 Å². The maximum absolute atomic E-state index is 9.43. The second kappa shape index (κ2) is 5.98. The summed E-state index contributed by atoms with van der Waals surface area (Å²) >= 11 is 0. The average molecular weight is 278 g/mol. The van der Waals surface area contributed by atoms with Gasteiger partial charge in [0.15, 0.2) is 0 Å². The predicted octanol–water partition coefficient (Wildman–Crippen LogP) is 4.05. The normalized spacial score (nSPS) is 10.8. The van der Waals surface area contributed by atoms with Crippen molar-refractivity contribution in [3.8, 4) is 16.9 Å². The Kier molecular flexibility index (Phi) is 3.89. The lowest BCUT2D eigenvalue weighted by atomic mass is 9.92. The van der Waals surface area contributed by atoms with Gasteiger partial charge in [-0.1, -0.05) is 48.5 Å². The van der Waals surface area contributed by atoms with Crippen LogP contribution < -0.4 is 4.74 Å². The smallest absolute Gasteiger partial charge is 0.119 e. The molecule has 0 radical (unpaired) electrons. The Morgan fingerprint density at radius 3 is 2.62 bits per heavy atom. The summed E-state index contributed by atoms with van der Waals surface area (Å²) in [4.78, 5) is 0. The maximum Gasteiger partial charge on any atom is 0.119 e. The van der Waals surface area contributed by atoms with Gasteiger partial charge in [0.1, 0.15) is 5.75 Å². The van der Waals surface area contributed by atoms with Crippen LogP contribution in [0.5, 0.6) is 5.75 Å². The molecule has 0 atom stereocenters. The molecule has 106 valence electrons. The third-order valence-corrected chi connectivity index (χ3v) is 3.78. The van der Waals surface area contributed by atoms with E-state index in [0.29, 0.717) is 6.42 Å². The van der Waals surface area contributed by atoms with Crippen LogP contribution >= 0.6 is 0 Å². The summed E-state index contributed by atoms with van der Waals surface area (Å²) in [5.74, 6) is 0.843. The lowest BCUT2D eigenvalue weighted by Crippen LogP contribution is -1.96. The molecule has 0 aliphatic carbocycles. The van der Waals surface area contributed by atoms with Crippen molar-refractivity contribution in [3.63, 3.8) is 0 Å². The highest BCUT2D eigenvalue weighted by Crippen LogP contribution is 2.32. The maximum atomic E-state index is 9.43. The number of ether oxygens (including phenoxy) is 1. The van der Waals surface area contributed by atoms with E-state index in [4.69, 9.17) is 4.74 Å². The third-order valence-electron chi connectivity index (χ3n) is 3.78. The molecule has 2 heteroatoms. The molecule has 0 unspecified atom stereocenters. The standard InChI is InChI=1S/C19H18O2/c1-21-16-7-4-6-15(13-16)18-10-9-14-5-2-3-8-17(14)19(18)11-12-20/h2-10,13,20H,11-12H2,1H3. The Morgan fingerprint density at radius 1 is 0.952 bits per heavy atom. The van der Waals surface area contributed by atoms with E-state index in [-0.39, 0.29) is 6.61 Å². The summed E-state index contributed by atoms with van der Waals surface area (Å²) < 4.78 is 5.31. The first kappa shape index (κ1) is 13.7. The van der Waals surface area contributed by atoms with Gasteiger partial charge in [-0.15, -0.1) is 0 Å². The number of fused-ring (bicyclic) bond motifs is 1. The Balaban J connectivity index is 2.23. The number of hydrogen-bond acceptors (Lipinski definition) is 2. The monoisotopic (exact) mass is 278 g/mol. The van der Waals surface area contributed by atoms with Gasteiger partial charge in [0.2, 0.25) is 0 Å². The van der Waals surface area contributed by atoms with Crippen LogP contribution in [0.25, 0.3) is 21.9 Å². The molecular formula is C19H18O2. The first-order chi connectivity index (χ1) is 10.3. The van der Waals surface area contributed by atoms with Crippen molar-refractivity contribution in [3.05, 3.63) is 66.2 Å². The predicted molar refractivity (Wildman–Crippen MR) is 86.7 cm³/mol. The molecule has 3 rings (SSSR count). The first-order valence-electron chi connectivity index (χ1n) is 7.09. The number of aliphatic hydroxyl groups is 1. The topological polar surface area (TPSA) is 29.5 Å². The molecule has 0 fully saturated rings. The van der Waals surface area contributed by atoms with E-state index < -0.39 is 0 Å². The van der Waals surface area contributed by atoms with Crippen molar-refractivity contribution in [1.82, 2.24) is 0 Å². The van der Waals surface area contributed by atoms with Crippen molar-refractivity contribution in [1.29, 1.82) is 0 Å². The number of rotatable bonds is 4. The van der Waals surface area contributed by atoms with Crippen molar-refractivity contribution < 1.29 is 9.84 Å². The second-order valence-corrected chi connectivity index (χ2v) is 5.02. The molecule has 3 aromatic carbocycles. The third kappa shape index (κ3) is 2.63. The van der Waals surface area contributed by atoms with E-state index in [1.807, 2.05) is 30.3 Å². The molecular weight excluding hydrogens is 260 g/mol. The fourth-order valence-electron chi connectivity index (χ4n) is 2.78. The average Bonchev–Trinajstić information content (AvgIpc) is 2.55. The highest BCUT2D eigenvalue weighted by molar-refractivity contribution is 5.92. The minimum atomic E-state index is 0.144. The van der Waals surface area contributed by atoms with Gasteiger partial charge in [0.05, 0.1) is 7.11 Å². The molecule has 0 heterocycles. The summed E-state index contributed by atoms with van der Waals surface area (Å²) in [5, 5.41) is 11.8. The largest absolute Gasteiger partial charge is 0.497 e. The van der Waals surface area contributed by atoms with Crippen LogP contribution in [0.15, 0.2) is 60.7 Å². The minimum absolute atomic E-state index is 0.144. The molecule has 0 bridgehead atoms.